The van der Waals surface area contributed by atoms with Crippen LogP contribution in [0.15, 0.2) is 72.9 Å². The Kier molecular flexibility index (Phi) is 4.76. The molecule has 1 N–H and O–H groups in total. The maximum absolute atomic E-state index is 14.7. The fourth-order valence-electron chi connectivity index (χ4n) is 3.04. The largest absolute Gasteiger partial charge is 0.457 e. The Morgan fingerprint density at radius 2 is 1.76 bits per heavy atom. The lowest BCUT2D eigenvalue weighted by atomic mass is 9.95. The minimum absolute atomic E-state index is 0.0250. The average molecular weight is 398 g/mol. The zero-order valence-corrected chi connectivity index (χ0v) is 15.4. The van der Waals surface area contributed by atoms with Gasteiger partial charge in [0.2, 0.25) is 0 Å². The van der Waals surface area contributed by atoms with Crippen LogP contribution < -0.4 is 4.74 Å². The lowest BCUT2D eigenvalue weighted by molar-refractivity contribution is -0.119. The first-order chi connectivity index (χ1) is 13.8. The van der Waals surface area contributed by atoms with Crippen molar-refractivity contribution in [1.82, 2.24) is 9.78 Å². The van der Waals surface area contributed by atoms with Gasteiger partial charge in [0.15, 0.2) is 5.60 Å². The van der Waals surface area contributed by atoms with E-state index in [0.29, 0.717) is 16.6 Å². The summed E-state index contributed by atoms with van der Waals surface area (Å²) in [7, 11) is 0. The molecule has 0 bridgehead atoms. The molecule has 4 rings (SSSR count). The smallest absolute Gasteiger partial charge is 0.270 e. The predicted molar refractivity (Wildman–Crippen MR) is 103 cm³/mol. The first kappa shape index (κ1) is 19.0. The van der Waals surface area contributed by atoms with Gasteiger partial charge in [0.05, 0.1) is 17.4 Å². The van der Waals surface area contributed by atoms with Crippen molar-refractivity contribution >= 4 is 10.9 Å². The molecule has 0 amide bonds. The Hall–Kier alpha value is -3.32. The standard InChI is InChI=1S/C22H17F3N2O2/c1-22(28,21(25)29-19-4-2-3-17(24)12-19)15-5-10-20-14(11-15)13-26-27(20)18-8-6-16(23)7-9-18/h2-13,21,28H,1H3. The third-order valence-corrected chi connectivity index (χ3v) is 4.70. The monoisotopic (exact) mass is 398 g/mol. The van der Waals surface area contributed by atoms with E-state index in [-0.39, 0.29) is 17.1 Å². The van der Waals surface area contributed by atoms with Crippen molar-refractivity contribution in [3.05, 3.63) is 90.1 Å². The van der Waals surface area contributed by atoms with Gasteiger partial charge in [0.1, 0.15) is 17.4 Å². The van der Waals surface area contributed by atoms with E-state index < -0.39 is 17.8 Å². The van der Waals surface area contributed by atoms with E-state index in [4.69, 9.17) is 4.74 Å². The summed E-state index contributed by atoms with van der Waals surface area (Å²) in [5.74, 6) is -0.942. The maximum Gasteiger partial charge on any atom is 0.270 e. The van der Waals surface area contributed by atoms with Gasteiger partial charge in [-0.05, 0) is 61.0 Å². The van der Waals surface area contributed by atoms with Crippen LogP contribution in [0.2, 0.25) is 0 Å². The lowest BCUT2D eigenvalue weighted by Crippen LogP contribution is -2.37. The first-order valence-electron chi connectivity index (χ1n) is 8.87. The molecule has 0 saturated heterocycles. The van der Waals surface area contributed by atoms with Gasteiger partial charge in [-0.25, -0.2) is 13.5 Å². The second-order valence-corrected chi connectivity index (χ2v) is 6.85. The number of alkyl halides is 1. The van der Waals surface area contributed by atoms with Crippen LogP contribution in [0.4, 0.5) is 13.2 Å². The van der Waals surface area contributed by atoms with E-state index in [1.54, 1.807) is 41.2 Å². The number of halogens is 3. The van der Waals surface area contributed by atoms with Crippen LogP contribution in [0.5, 0.6) is 5.75 Å². The van der Waals surface area contributed by atoms with Crippen molar-refractivity contribution in [2.45, 2.75) is 18.9 Å². The molecular formula is C22H17F3N2O2. The third kappa shape index (κ3) is 3.69. The van der Waals surface area contributed by atoms with Crippen molar-refractivity contribution in [2.75, 3.05) is 0 Å². The molecule has 0 aliphatic heterocycles. The summed E-state index contributed by atoms with van der Waals surface area (Å²) in [6.45, 7) is 1.28. The second kappa shape index (κ2) is 7.25. The van der Waals surface area contributed by atoms with Crippen LogP contribution in [0, 0.1) is 11.6 Å². The highest BCUT2D eigenvalue weighted by Gasteiger charge is 2.36. The van der Waals surface area contributed by atoms with Gasteiger partial charge < -0.3 is 9.84 Å². The molecule has 2 unspecified atom stereocenters. The molecule has 7 heteroatoms. The molecule has 0 aliphatic rings. The summed E-state index contributed by atoms with van der Waals surface area (Å²) in [5, 5.41) is 15.7. The molecule has 1 heterocycles. The minimum Gasteiger partial charge on any atom is -0.457 e. The van der Waals surface area contributed by atoms with Gasteiger partial charge in [-0.15, -0.1) is 0 Å². The molecule has 0 saturated carbocycles. The van der Waals surface area contributed by atoms with Gasteiger partial charge in [0.25, 0.3) is 6.36 Å². The van der Waals surface area contributed by atoms with Gasteiger partial charge in [-0.2, -0.15) is 9.49 Å². The van der Waals surface area contributed by atoms with E-state index in [2.05, 4.69) is 5.10 Å². The summed E-state index contributed by atoms with van der Waals surface area (Å²) in [4.78, 5) is 0. The van der Waals surface area contributed by atoms with Gasteiger partial charge in [-0.1, -0.05) is 12.1 Å². The fourth-order valence-corrected chi connectivity index (χ4v) is 3.04. The van der Waals surface area contributed by atoms with Crippen LogP contribution in [-0.4, -0.2) is 21.2 Å². The number of hydrogen-bond donors (Lipinski definition) is 1. The average Bonchev–Trinajstić information content (AvgIpc) is 3.12. The SMILES string of the molecule is CC(O)(c1ccc2c(cnn2-c2ccc(F)cc2)c1)C(F)Oc1cccc(F)c1. The molecule has 0 radical (unpaired) electrons. The zero-order valence-electron chi connectivity index (χ0n) is 15.4. The molecule has 4 nitrogen and oxygen atoms in total. The maximum atomic E-state index is 14.7. The topological polar surface area (TPSA) is 47.3 Å². The first-order valence-corrected chi connectivity index (χ1v) is 8.87. The lowest BCUT2D eigenvalue weighted by Gasteiger charge is -2.28. The number of fused-ring (bicyclic) bond motifs is 1. The van der Waals surface area contributed by atoms with E-state index >= 15 is 0 Å². The van der Waals surface area contributed by atoms with E-state index in [1.807, 2.05) is 0 Å². The third-order valence-electron chi connectivity index (χ3n) is 4.70. The summed E-state index contributed by atoms with van der Waals surface area (Å²) in [5.41, 5.74) is -0.345. The van der Waals surface area contributed by atoms with E-state index in [9.17, 15) is 18.3 Å². The second-order valence-electron chi connectivity index (χ2n) is 6.85. The Labute approximate surface area is 164 Å². The summed E-state index contributed by atoms with van der Waals surface area (Å²) >= 11 is 0. The number of nitrogens with zero attached hydrogens (tertiary/aromatic N) is 2. The molecular weight excluding hydrogens is 381 g/mol. The van der Waals surface area contributed by atoms with Crippen molar-refractivity contribution < 1.29 is 23.0 Å². The van der Waals surface area contributed by atoms with Gasteiger partial charge in [-0.3, -0.25) is 0 Å². The van der Waals surface area contributed by atoms with Gasteiger partial charge in [0, 0.05) is 11.5 Å². The Bertz CT molecular complexity index is 1160. The van der Waals surface area contributed by atoms with Crippen LogP contribution in [-0.2, 0) is 5.60 Å². The van der Waals surface area contributed by atoms with Crippen molar-refractivity contribution in [2.24, 2.45) is 0 Å². The molecule has 0 fully saturated rings. The summed E-state index contributed by atoms with van der Waals surface area (Å²) < 4.78 is 47.9. The highest BCUT2D eigenvalue weighted by Crippen LogP contribution is 2.32. The predicted octanol–water partition coefficient (Wildman–Crippen LogP) is 4.89. The van der Waals surface area contributed by atoms with Crippen LogP contribution >= 0.6 is 0 Å². The number of hydrogen-bond acceptors (Lipinski definition) is 3. The molecule has 0 spiro atoms. The molecule has 0 aliphatic carbocycles. The Balaban J connectivity index is 1.63. The van der Waals surface area contributed by atoms with Crippen LogP contribution in [0.3, 0.4) is 0 Å². The molecule has 148 valence electrons. The number of benzene rings is 3. The highest BCUT2D eigenvalue weighted by molar-refractivity contribution is 5.81. The van der Waals surface area contributed by atoms with Crippen LogP contribution in [0.1, 0.15) is 12.5 Å². The molecule has 3 aromatic carbocycles. The summed E-state index contributed by atoms with van der Waals surface area (Å²) in [6.07, 6.45) is -0.562. The highest BCUT2D eigenvalue weighted by atomic mass is 19.1. The van der Waals surface area contributed by atoms with Crippen molar-refractivity contribution in [3.8, 4) is 11.4 Å². The van der Waals surface area contributed by atoms with E-state index in [0.717, 1.165) is 6.07 Å². The minimum atomic E-state index is -2.13. The van der Waals surface area contributed by atoms with Crippen molar-refractivity contribution in [3.63, 3.8) is 0 Å². The van der Waals surface area contributed by atoms with Gasteiger partial charge >= 0.3 is 0 Å². The number of ether oxygens (including phenoxy) is 1. The normalized spacial score (nSPS) is 14.5. The summed E-state index contributed by atoms with van der Waals surface area (Å²) in [6, 6.07) is 15.7. The number of rotatable bonds is 5. The van der Waals surface area contributed by atoms with Crippen LogP contribution in [0.25, 0.3) is 16.6 Å². The quantitative estimate of drug-likeness (QED) is 0.521. The zero-order chi connectivity index (χ0) is 20.6. The Morgan fingerprint density at radius 1 is 1.00 bits per heavy atom. The fraction of sp³-hybridized carbons (Fsp3) is 0.136. The molecule has 2 atom stereocenters. The molecule has 4 aromatic rings. The number of aliphatic hydroxyl groups is 1. The van der Waals surface area contributed by atoms with Crippen molar-refractivity contribution in [1.29, 1.82) is 0 Å². The number of aromatic nitrogens is 2. The molecule has 29 heavy (non-hydrogen) atoms. The Morgan fingerprint density at radius 3 is 2.48 bits per heavy atom. The van der Waals surface area contributed by atoms with E-state index in [1.165, 1.54) is 37.3 Å². The molecule has 1 aromatic heterocycles.